The van der Waals surface area contributed by atoms with E-state index in [1.165, 1.54) is 11.1 Å². The summed E-state index contributed by atoms with van der Waals surface area (Å²) < 4.78 is 35.0. The number of imidazole rings is 1. The molecular weight excluding hydrogens is 403 g/mol. The Morgan fingerprint density at radius 1 is 1.19 bits per heavy atom. The lowest BCUT2D eigenvalue weighted by Crippen LogP contribution is -2.31. The highest BCUT2D eigenvalue weighted by atomic mass is 127. The standard InChI is InChI=1S/C14H17IN2O3S/c15-10-13-2-4-14(5-3-13)11-17-8-7-16(12-17)6-1-9-21(18,19)20/h2-5,7-8,12H,1,6,9-11H2/p+1. The smallest absolute Gasteiger partial charge is 0.265 e. The number of hydrogen-bond donors (Lipinski definition) is 1. The zero-order chi connectivity index (χ0) is 15.3. The molecule has 0 spiro atoms. The van der Waals surface area contributed by atoms with Crippen molar-refractivity contribution in [2.45, 2.75) is 23.9 Å². The van der Waals surface area contributed by atoms with E-state index in [9.17, 15) is 8.42 Å². The number of alkyl halides is 1. The summed E-state index contributed by atoms with van der Waals surface area (Å²) in [5, 5.41) is 0. The Morgan fingerprint density at radius 2 is 1.86 bits per heavy atom. The molecule has 0 aliphatic heterocycles. The van der Waals surface area contributed by atoms with Crippen molar-refractivity contribution in [3.8, 4) is 0 Å². The molecule has 1 aromatic carbocycles. The monoisotopic (exact) mass is 421 g/mol. The third-order valence-electron chi connectivity index (χ3n) is 3.11. The van der Waals surface area contributed by atoms with Crippen LogP contribution in [0.2, 0.25) is 0 Å². The molecule has 1 heterocycles. The normalized spacial score (nSPS) is 11.7. The van der Waals surface area contributed by atoms with Crippen LogP contribution in [0.15, 0.2) is 43.0 Å². The van der Waals surface area contributed by atoms with Crippen molar-refractivity contribution in [2.75, 3.05) is 5.75 Å². The second-order valence-electron chi connectivity index (χ2n) is 4.91. The predicted molar refractivity (Wildman–Crippen MR) is 88.9 cm³/mol. The van der Waals surface area contributed by atoms with Crippen LogP contribution in [0, 0.1) is 0 Å². The highest BCUT2D eigenvalue weighted by molar-refractivity contribution is 14.1. The SMILES string of the molecule is O=S(=O)(O)CCCn1cc[n+](Cc2ccc(CI)cc2)c1. The van der Waals surface area contributed by atoms with Crippen LogP contribution in [0.4, 0.5) is 0 Å². The Balaban J connectivity index is 1.90. The summed E-state index contributed by atoms with van der Waals surface area (Å²) in [6.45, 7) is 1.35. The zero-order valence-corrected chi connectivity index (χ0v) is 14.5. The van der Waals surface area contributed by atoms with Crippen molar-refractivity contribution < 1.29 is 17.5 Å². The Hall–Kier alpha value is -0.930. The van der Waals surface area contributed by atoms with Gasteiger partial charge < -0.3 is 0 Å². The minimum absolute atomic E-state index is 0.205. The molecule has 2 rings (SSSR count). The van der Waals surface area contributed by atoms with Gasteiger partial charge in [0.25, 0.3) is 10.1 Å². The Bertz CT molecular complexity index is 680. The minimum atomic E-state index is -3.86. The quantitative estimate of drug-likeness (QED) is 0.322. The van der Waals surface area contributed by atoms with Gasteiger partial charge in [0.1, 0.15) is 18.9 Å². The van der Waals surface area contributed by atoms with Crippen molar-refractivity contribution >= 4 is 32.7 Å². The molecule has 0 saturated carbocycles. The zero-order valence-electron chi connectivity index (χ0n) is 11.5. The molecule has 0 saturated heterocycles. The summed E-state index contributed by atoms with van der Waals surface area (Å²) in [4.78, 5) is 0. The van der Waals surface area contributed by atoms with Gasteiger partial charge >= 0.3 is 0 Å². The fourth-order valence-electron chi connectivity index (χ4n) is 2.04. The molecule has 7 heteroatoms. The first-order valence-electron chi connectivity index (χ1n) is 6.60. The van der Waals surface area contributed by atoms with Gasteiger partial charge in [-0.05, 0) is 11.1 Å². The Morgan fingerprint density at radius 3 is 2.48 bits per heavy atom. The topological polar surface area (TPSA) is 63.2 Å². The lowest BCUT2D eigenvalue weighted by molar-refractivity contribution is -0.687. The molecule has 1 N–H and O–H groups in total. The summed E-state index contributed by atoms with van der Waals surface area (Å²) in [5.74, 6) is -0.205. The number of aryl methyl sites for hydroxylation is 1. The fourth-order valence-corrected chi connectivity index (χ4v) is 3.04. The second kappa shape index (κ2) is 7.37. The van der Waals surface area contributed by atoms with Crippen LogP contribution >= 0.6 is 22.6 Å². The number of rotatable bonds is 7. The summed E-state index contributed by atoms with van der Waals surface area (Å²) in [6, 6.07) is 8.50. The third kappa shape index (κ3) is 5.76. The molecule has 0 amide bonds. The Kier molecular flexibility index (Phi) is 5.77. The van der Waals surface area contributed by atoms with Gasteiger partial charge in [-0.1, -0.05) is 46.9 Å². The number of halogens is 1. The van der Waals surface area contributed by atoms with E-state index >= 15 is 0 Å². The predicted octanol–water partition coefficient (Wildman–Crippen LogP) is 2.04. The molecule has 2 aromatic rings. The van der Waals surface area contributed by atoms with Gasteiger partial charge in [0.05, 0.1) is 12.3 Å². The summed E-state index contributed by atoms with van der Waals surface area (Å²) >= 11 is 2.34. The van der Waals surface area contributed by atoms with E-state index in [1.807, 2.05) is 27.9 Å². The van der Waals surface area contributed by atoms with Gasteiger partial charge in [0.2, 0.25) is 6.33 Å². The van der Waals surface area contributed by atoms with Crippen LogP contribution in [0.25, 0.3) is 0 Å². The summed E-state index contributed by atoms with van der Waals surface area (Å²) in [6.07, 6.45) is 6.21. The number of hydrogen-bond acceptors (Lipinski definition) is 2. The van der Waals surface area contributed by atoms with E-state index in [-0.39, 0.29) is 5.75 Å². The van der Waals surface area contributed by atoms with Crippen LogP contribution in [0.1, 0.15) is 17.5 Å². The highest BCUT2D eigenvalue weighted by Gasteiger charge is 2.08. The van der Waals surface area contributed by atoms with E-state index in [1.54, 1.807) is 0 Å². The van der Waals surface area contributed by atoms with E-state index in [4.69, 9.17) is 4.55 Å². The van der Waals surface area contributed by atoms with Crippen molar-refractivity contribution in [3.05, 3.63) is 54.1 Å². The second-order valence-corrected chi connectivity index (χ2v) is 7.25. The number of benzene rings is 1. The maximum atomic E-state index is 10.7. The first-order chi connectivity index (χ1) is 9.96. The molecule has 1 aromatic heterocycles. The molecule has 5 nitrogen and oxygen atoms in total. The molecule has 21 heavy (non-hydrogen) atoms. The third-order valence-corrected chi connectivity index (χ3v) is 4.79. The van der Waals surface area contributed by atoms with Crippen molar-refractivity contribution in [1.29, 1.82) is 0 Å². The van der Waals surface area contributed by atoms with E-state index in [2.05, 4.69) is 46.9 Å². The maximum absolute atomic E-state index is 10.7. The summed E-state index contributed by atoms with van der Waals surface area (Å²) in [5.41, 5.74) is 2.54. The molecule has 0 aliphatic rings. The maximum Gasteiger partial charge on any atom is 0.265 e. The van der Waals surface area contributed by atoms with Gasteiger partial charge in [-0.3, -0.25) is 4.55 Å². The van der Waals surface area contributed by atoms with Crippen LogP contribution in [0.5, 0.6) is 0 Å². The molecule has 0 unspecified atom stereocenters. The van der Waals surface area contributed by atoms with E-state index in [0.717, 1.165) is 11.0 Å². The van der Waals surface area contributed by atoms with Crippen molar-refractivity contribution in [1.82, 2.24) is 4.57 Å². The van der Waals surface area contributed by atoms with Gasteiger partial charge in [-0.15, -0.1) is 0 Å². The van der Waals surface area contributed by atoms with Gasteiger partial charge in [-0.25, -0.2) is 9.13 Å². The minimum Gasteiger partial charge on any atom is -0.286 e. The lowest BCUT2D eigenvalue weighted by atomic mass is 10.1. The van der Waals surface area contributed by atoms with E-state index in [0.29, 0.717) is 13.0 Å². The average Bonchev–Trinajstić information content (AvgIpc) is 2.86. The molecule has 0 radical (unpaired) electrons. The molecule has 0 fully saturated rings. The molecular formula is C14H18IN2O3S+. The van der Waals surface area contributed by atoms with Crippen LogP contribution < -0.4 is 4.57 Å². The van der Waals surface area contributed by atoms with Gasteiger partial charge in [-0.2, -0.15) is 8.42 Å². The Labute approximate surface area is 138 Å². The lowest BCUT2D eigenvalue weighted by Gasteiger charge is -2.00. The molecule has 0 aliphatic carbocycles. The molecule has 114 valence electrons. The van der Waals surface area contributed by atoms with Crippen molar-refractivity contribution in [2.24, 2.45) is 0 Å². The fraction of sp³-hybridized carbons (Fsp3) is 0.357. The van der Waals surface area contributed by atoms with Crippen LogP contribution in [-0.2, 0) is 27.6 Å². The van der Waals surface area contributed by atoms with E-state index < -0.39 is 10.1 Å². The van der Waals surface area contributed by atoms with Crippen LogP contribution in [0.3, 0.4) is 0 Å². The first-order valence-corrected chi connectivity index (χ1v) is 9.73. The number of aromatic nitrogens is 2. The summed E-state index contributed by atoms with van der Waals surface area (Å²) in [7, 11) is -3.86. The van der Waals surface area contributed by atoms with Crippen LogP contribution in [-0.4, -0.2) is 23.3 Å². The van der Waals surface area contributed by atoms with Gasteiger partial charge in [0.15, 0.2) is 0 Å². The van der Waals surface area contributed by atoms with Crippen molar-refractivity contribution in [3.63, 3.8) is 0 Å². The highest BCUT2D eigenvalue weighted by Crippen LogP contribution is 2.08. The molecule has 0 atom stereocenters. The average molecular weight is 421 g/mol. The number of nitrogens with zero attached hydrogens (tertiary/aromatic N) is 2. The van der Waals surface area contributed by atoms with Gasteiger partial charge in [0, 0.05) is 10.8 Å². The largest absolute Gasteiger partial charge is 0.286 e. The first kappa shape index (κ1) is 16.4. The molecule has 0 bridgehead atoms.